The Morgan fingerprint density at radius 2 is 2.24 bits per heavy atom. The fraction of sp³-hybridized carbons (Fsp3) is 0.417. The fourth-order valence-electron chi connectivity index (χ4n) is 1.94. The molecule has 3 nitrogen and oxygen atoms in total. The Morgan fingerprint density at radius 3 is 2.88 bits per heavy atom. The Bertz CT molecular complexity index is 442. The first kappa shape index (κ1) is 12.4. The average Bonchev–Trinajstić information content (AvgIpc) is 2.23. The zero-order chi connectivity index (χ0) is 12.6. The third kappa shape index (κ3) is 2.29. The molecule has 1 N–H and O–H groups in total. The predicted molar refractivity (Wildman–Crippen MR) is 65.1 cm³/mol. The summed E-state index contributed by atoms with van der Waals surface area (Å²) in [4.78, 5) is 11.3. The van der Waals surface area contributed by atoms with Crippen LogP contribution in [0.25, 0.3) is 0 Å². The molecule has 0 aromatic heterocycles. The Morgan fingerprint density at radius 1 is 1.53 bits per heavy atom. The minimum atomic E-state index is -0.510. The Hall–Kier alpha value is -1.10. The molecule has 1 atom stereocenters. The van der Waals surface area contributed by atoms with Gasteiger partial charge in [0.15, 0.2) is 0 Å². The molecular weight excluding hydrogens is 289 g/mol. The molecule has 2 rings (SSSR count). The van der Waals surface area contributed by atoms with Crippen molar-refractivity contribution in [3.05, 3.63) is 34.1 Å². The van der Waals surface area contributed by atoms with Crippen LogP contribution in [0.1, 0.15) is 25.5 Å². The van der Waals surface area contributed by atoms with Crippen molar-refractivity contribution in [2.45, 2.75) is 19.9 Å². The summed E-state index contributed by atoms with van der Waals surface area (Å²) in [7, 11) is 0. The number of hydrogen-bond acceptors (Lipinski definition) is 2. The monoisotopic (exact) mass is 301 g/mol. The van der Waals surface area contributed by atoms with E-state index < -0.39 is 12.1 Å². The first-order valence-electron chi connectivity index (χ1n) is 5.29. The van der Waals surface area contributed by atoms with Gasteiger partial charge in [0.05, 0.1) is 6.04 Å². The third-order valence-corrected chi connectivity index (χ3v) is 3.60. The van der Waals surface area contributed by atoms with Crippen LogP contribution in [0.3, 0.4) is 0 Å². The summed E-state index contributed by atoms with van der Waals surface area (Å²) in [5.74, 6) is -0.334. The number of halogens is 2. The lowest BCUT2D eigenvalue weighted by Gasteiger charge is -2.39. The summed E-state index contributed by atoms with van der Waals surface area (Å²) in [6, 6.07) is 4.37. The van der Waals surface area contributed by atoms with Crippen LogP contribution in [-0.4, -0.2) is 12.7 Å². The summed E-state index contributed by atoms with van der Waals surface area (Å²) in [6.07, 6.45) is -0.510. The van der Waals surface area contributed by atoms with Crippen LogP contribution >= 0.6 is 15.9 Å². The molecule has 1 amide bonds. The topological polar surface area (TPSA) is 38.3 Å². The Labute approximate surface area is 107 Å². The van der Waals surface area contributed by atoms with E-state index in [0.717, 1.165) is 0 Å². The molecule has 0 radical (unpaired) electrons. The van der Waals surface area contributed by atoms with Crippen molar-refractivity contribution < 1.29 is 13.9 Å². The zero-order valence-corrected chi connectivity index (χ0v) is 11.2. The van der Waals surface area contributed by atoms with Crippen LogP contribution in [0.15, 0.2) is 22.7 Å². The first-order chi connectivity index (χ1) is 7.92. The van der Waals surface area contributed by atoms with Crippen molar-refractivity contribution in [2.24, 2.45) is 5.41 Å². The summed E-state index contributed by atoms with van der Waals surface area (Å²) < 4.78 is 19.5. The van der Waals surface area contributed by atoms with Crippen LogP contribution in [0.4, 0.5) is 9.18 Å². The molecule has 0 spiro atoms. The lowest BCUT2D eigenvalue weighted by Crippen LogP contribution is -2.47. The second-order valence-corrected chi connectivity index (χ2v) is 5.63. The minimum absolute atomic E-state index is 0.268. The van der Waals surface area contributed by atoms with E-state index in [9.17, 15) is 9.18 Å². The van der Waals surface area contributed by atoms with E-state index in [1.54, 1.807) is 12.1 Å². The highest BCUT2D eigenvalue weighted by Crippen LogP contribution is 2.40. The van der Waals surface area contributed by atoms with Crippen molar-refractivity contribution in [1.82, 2.24) is 5.32 Å². The minimum Gasteiger partial charge on any atom is -0.449 e. The quantitative estimate of drug-likeness (QED) is 0.863. The van der Waals surface area contributed by atoms with E-state index in [2.05, 4.69) is 21.2 Å². The number of carbonyl (C=O) groups excluding carboxylic acids is 1. The van der Waals surface area contributed by atoms with E-state index in [1.807, 2.05) is 13.8 Å². The van der Waals surface area contributed by atoms with E-state index in [4.69, 9.17) is 4.74 Å². The molecule has 5 heteroatoms. The standard InChI is InChI=1S/C12H13BrFNO2/c1-12(2)6-17-11(16)15-10(12)9-7(13)4-3-5-8(9)14/h3-5,10H,6H2,1-2H3,(H,15,16)/t10-/m0/s1. The average molecular weight is 302 g/mol. The maximum atomic E-state index is 13.9. The summed E-state index contributed by atoms with van der Waals surface area (Å²) in [5.41, 5.74) is 0.104. The molecule has 0 saturated carbocycles. The highest BCUT2D eigenvalue weighted by molar-refractivity contribution is 9.10. The van der Waals surface area contributed by atoms with Crippen molar-refractivity contribution in [2.75, 3.05) is 6.61 Å². The molecule has 1 aliphatic rings. The van der Waals surface area contributed by atoms with Gasteiger partial charge in [-0.25, -0.2) is 9.18 Å². The van der Waals surface area contributed by atoms with Gasteiger partial charge in [0.2, 0.25) is 0 Å². The molecule has 0 bridgehead atoms. The summed E-state index contributed by atoms with van der Waals surface area (Å²) in [6.45, 7) is 4.12. The molecule has 0 aliphatic carbocycles. The molecule has 1 heterocycles. The SMILES string of the molecule is CC1(C)COC(=O)N[C@H]1c1c(F)cccc1Br. The summed E-state index contributed by atoms with van der Waals surface area (Å²) in [5, 5.41) is 2.67. The van der Waals surface area contributed by atoms with E-state index in [1.165, 1.54) is 6.07 Å². The third-order valence-electron chi connectivity index (χ3n) is 2.91. The van der Waals surface area contributed by atoms with Gasteiger partial charge in [-0.15, -0.1) is 0 Å². The van der Waals surface area contributed by atoms with Gasteiger partial charge in [-0.05, 0) is 12.1 Å². The van der Waals surface area contributed by atoms with Crippen LogP contribution in [0.5, 0.6) is 0 Å². The second kappa shape index (κ2) is 4.29. The number of cyclic esters (lactones) is 1. The molecule has 0 unspecified atom stereocenters. The number of nitrogens with one attached hydrogen (secondary N) is 1. The lowest BCUT2D eigenvalue weighted by molar-refractivity contribution is 0.0376. The van der Waals surface area contributed by atoms with Crippen molar-refractivity contribution >= 4 is 22.0 Å². The van der Waals surface area contributed by atoms with Gasteiger partial charge in [-0.2, -0.15) is 0 Å². The Kier molecular flexibility index (Phi) is 3.12. The maximum absolute atomic E-state index is 13.9. The smallest absolute Gasteiger partial charge is 0.407 e. The number of amides is 1. The van der Waals surface area contributed by atoms with Crippen LogP contribution in [0, 0.1) is 11.2 Å². The highest BCUT2D eigenvalue weighted by atomic mass is 79.9. The van der Waals surface area contributed by atoms with Crippen LogP contribution in [-0.2, 0) is 4.74 Å². The molecule has 92 valence electrons. The Balaban J connectivity index is 2.46. The molecule has 1 saturated heterocycles. The molecular formula is C12H13BrFNO2. The molecule has 1 aromatic rings. The molecule has 1 aliphatic heterocycles. The van der Waals surface area contributed by atoms with Crippen molar-refractivity contribution in [1.29, 1.82) is 0 Å². The van der Waals surface area contributed by atoms with Gasteiger partial charge in [-0.3, -0.25) is 0 Å². The molecule has 1 fully saturated rings. The summed E-state index contributed by atoms with van der Waals surface area (Å²) >= 11 is 3.32. The van der Waals surface area contributed by atoms with E-state index >= 15 is 0 Å². The number of rotatable bonds is 1. The van der Waals surface area contributed by atoms with Gasteiger partial charge in [-0.1, -0.05) is 35.8 Å². The second-order valence-electron chi connectivity index (χ2n) is 4.78. The molecule has 17 heavy (non-hydrogen) atoms. The van der Waals surface area contributed by atoms with E-state index in [-0.39, 0.29) is 17.8 Å². The van der Waals surface area contributed by atoms with Gasteiger partial charge < -0.3 is 10.1 Å². The van der Waals surface area contributed by atoms with Crippen LogP contribution in [0.2, 0.25) is 0 Å². The van der Waals surface area contributed by atoms with Crippen molar-refractivity contribution in [3.8, 4) is 0 Å². The normalized spacial score (nSPS) is 22.8. The first-order valence-corrected chi connectivity index (χ1v) is 6.08. The maximum Gasteiger partial charge on any atom is 0.407 e. The van der Waals surface area contributed by atoms with Gasteiger partial charge >= 0.3 is 6.09 Å². The zero-order valence-electron chi connectivity index (χ0n) is 9.59. The molecule has 1 aromatic carbocycles. The highest BCUT2D eigenvalue weighted by Gasteiger charge is 2.40. The number of hydrogen-bond donors (Lipinski definition) is 1. The predicted octanol–water partition coefficient (Wildman–Crippen LogP) is 3.40. The number of alkyl carbamates (subject to hydrolysis) is 1. The van der Waals surface area contributed by atoms with E-state index in [0.29, 0.717) is 10.0 Å². The van der Waals surface area contributed by atoms with Gasteiger partial charge in [0, 0.05) is 15.5 Å². The van der Waals surface area contributed by atoms with Gasteiger partial charge in [0.25, 0.3) is 0 Å². The fourth-order valence-corrected chi connectivity index (χ4v) is 2.51. The van der Waals surface area contributed by atoms with Crippen molar-refractivity contribution in [3.63, 3.8) is 0 Å². The van der Waals surface area contributed by atoms with Crippen LogP contribution < -0.4 is 5.32 Å². The lowest BCUT2D eigenvalue weighted by atomic mass is 9.80. The largest absolute Gasteiger partial charge is 0.449 e. The van der Waals surface area contributed by atoms with Gasteiger partial charge in [0.1, 0.15) is 12.4 Å². The number of ether oxygens (including phenoxy) is 1. The number of carbonyl (C=O) groups is 1. The number of benzene rings is 1.